The standard InChI is InChI=1S/C29H30N4O4/c1-19-5-6-22(16-30-19)20-9-11-25(12-10-20)37-26-14-21(29(36)31-24-15-28(35)32(2)18-24)7-8-23(26)17-33-13-3-4-27(33)34/h5-12,14,16,24H,3-4,13,15,17-18H2,1-2H3,(H,31,36)/t24-/m0/s1. The van der Waals surface area contributed by atoms with Gasteiger partial charge in [0, 0.05) is 68.1 Å². The van der Waals surface area contributed by atoms with Crippen LogP contribution in [0.25, 0.3) is 11.1 Å². The molecule has 8 heteroatoms. The number of pyridine rings is 1. The first-order chi connectivity index (χ1) is 17.9. The highest BCUT2D eigenvalue weighted by Crippen LogP contribution is 2.31. The number of aryl methyl sites for hydroxylation is 1. The fourth-order valence-corrected chi connectivity index (χ4v) is 4.71. The van der Waals surface area contributed by atoms with Crippen LogP contribution < -0.4 is 10.1 Å². The monoisotopic (exact) mass is 498 g/mol. The minimum Gasteiger partial charge on any atom is -0.457 e. The van der Waals surface area contributed by atoms with Gasteiger partial charge in [0.1, 0.15) is 11.5 Å². The molecular formula is C29H30N4O4. The van der Waals surface area contributed by atoms with Crippen molar-refractivity contribution in [3.63, 3.8) is 0 Å². The molecular weight excluding hydrogens is 468 g/mol. The number of hydrogen-bond acceptors (Lipinski definition) is 5. The van der Waals surface area contributed by atoms with Crippen LogP contribution in [0.15, 0.2) is 60.8 Å². The second-order valence-corrected chi connectivity index (χ2v) is 9.70. The number of benzene rings is 2. The molecule has 0 bridgehead atoms. The molecule has 2 aliphatic rings. The van der Waals surface area contributed by atoms with Crippen LogP contribution in [0.3, 0.4) is 0 Å². The number of aromatic nitrogens is 1. The van der Waals surface area contributed by atoms with Gasteiger partial charge in [-0.3, -0.25) is 19.4 Å². The quantitative estimate of drug-likeness (QED) is 0.533. The zero-order valence-corrected chi connectivity index (χ0v) is 21.1. The van der Waals surface area contributed by atoms with Gasteiger partial charge in [0.2, 0.25) is 11.8 Å². The Labute approximate surface area is 216 Å². The third-order valence-electron chi connectivity index (χ3n) is 6.86. The number of carbonyl (C=O) groups excluding carboxylic acids is 3. The lowest BCUT2D eigenvalue weighted by Crippen LogP contribution is -2.36. The van der Waals surface area contributed by atoms with E-state index in [1.807, 2.05) is 60.5 Å². The summed E-state index contributed by atoms with van der Waals surface area (Å²) < 4.78 is 6.26. The minimum atomic E-state index is -0.260. The fraction of sp³-hybridized carbons (Fsp3) is 0.310. The van der Waals surface area contributed by atoms with Crippen molar-refractivity contribution in [1.82, 2.24) is 20.1 Å². The molecule has 2 aliphatic heterocycles. The van der Waals surface area contributed by atoms with Crippen molar-refractivity contribution in [1.29, 1.82) is 0 Å². The van der Waals surface area contributed by atoms with Crippen LogP contribution >= 0.6 is 0 Å². The molecule has 0 saturated carbocycles. The van der Waals surface area contributed by atoms with Gasteiger partial charge in [-0.1, -0.05) is 24.3 Å². The zero-order chi connectivity index (χ0) is 25.9. The van der Waals surface area contributed by atoms with Crippen molar-refractivity contribution in [3.05, 3.63) is 77.6 Å². The number of hydrogen-bond donors (Lipinski definition) is 1. The van der Waals surface area contributed by atoms with Gasteiger partial charge in [0.25, 0.3) is 5.91 Å². The Kier molecular flexibility index (Phi) is 6.90. The summed E-state index contributed by atoms with van der Waals surface area (Å²) in [5.41, 5.74) is 4.26. The third kappa shape index (κ3) is 5.63. The predicted molar refractivity (Wildman–Crippen MR) is 139 cm³/mol. The average Bonchev–Trinajstić information content (AvgIpc) is 3.44. The number of carbonyl (C=O) groups is 3. The Hall–Kier alpha value is -4.20. The lowest BCUT2D eigenvalue weighted by atomic mass is 10.1. The summed E-state index contributed by atoms with van der Waals surface area (Å²) in [4.78, 5) is 44.9. The van der Waals surface area contributed by atoms with Crippen molar-refractivity contribution >= 4 is 17.7 Å². The van der Waals surface area contributed by atoms with Crippen molar-refractivity contribution in [2.45, 2.75) is 38.8 Å². The number of rotatable bonds is 7. The highest BCUT2D eigenvalue weighted by atomic mass is 16.5. The number of nitrogens with one attached hydrogen (secondary N) is 1. The maximum Gasteiger partial charge on any atom is 0.251 e. The third-order valence-corrected chi connectivity index (χ3v) is 6.86. The number of likely N-dealkylation sites (N-methyl/N-ethyl adjacent to an activating group) is 1. The first-order valence-corrected chi connectivity index (χ1v) is 12.5. The van der Waals surface area contributed by atoms with E-state index in [0.717, 1.165) is 28.8 Å². The molecule has 37 heavy (non-hydrogen) atoms. The van der Waals surface area contributed by atoms with Crippen molar-refractivity contribution < 1.29 is 19.1 Å². The van der Waals surface area contributed by atoms with Crippen LogP contribution in [0.4, 0.5) is 0 Å². The molecule has 2 fully saturated rings. The molecule has 3 amide bonds. The molecule has 1 atom stereocenters. The van der Waals surface area contributed by atoms with Crippen LogP contribution in [0.2, 0.25) is 0 Å². The SMILES string of the molecule is Cc1ccc(-c2ccc(Oc3cc(C(=O)N[C@H]4CC(=O)N(C)C4)ccc3CN3CCCC3=O)cc2)cn1. The molecule has 1 aromatic heterocycles. The predicted octanol–water partition coefficient (Wildman–Crippen LogP) is 3.93. The van der Waals surface area contributed by atoms with Crippen LogP contribution in [0.5, 0.6) is 11.5 Å². The number of nitrogens with zero attached hydrogens (tertiary/aromatic N) is 3. The largest absolute Gasteiger partial charge is 0.457 e. The maximum absolute atomic E-state index is 13.0. The minimum absolute atomic E-state index is 0.0183. The first-order valence-electron chi connectivity index (χ1n) is 12.5. The van der Waals surface area contributed by atoms with E-state index in [2.05, 4.69) is 10.3 Å². The van der Waals surface area contributed by atoms with Crippen LogP contribution in [0.1, 0.15) is 40.9 Å². The highest BCUT2D eigenvalue weighted by molar-refractivity contribution is 5.95. The highest BCUT2D eigenvalue weighted by Gasteiger charge is 2.28. The zero-order valence-electron chi connectivity index (χ0n) is 21.1. The van der Waals surface area contributed by atoms with E-state index >= 15 is 0 Å². The van der Waals surface area contributed by atoms with E-state index in [-0.39, 0.29) is 23.8 Å². The van der Waals surface area contributed by atoms with E-state index < -0.39 is 0 Å². The molecule has 5 rings (SSSR count). The summed E-state index contributed by atoms with van der Waals surface area (Å²) in [6.07, 6.45) is 3.54. The van der Waals surface area contributed by atoms with Gasteiger partial charge in [-0.05, 0) is 49.2 Å². The van der Waals surface area contributed by atoms with E-state index in [1.165, 1.54) is 0 Å². The molecule has 190 valence electrons. The van der Waals surface area contributed by atoms with Crippen LogP contribution in [-0.4, -0.2) is 58.7 Å². The smallest absolute Gasteiger partial charge is 0.251 e. The van der Waals surface area contributed by atoms with Gasteiger partial charge in [0.15, 0.2) is 0 Å². The molecule has 0 spiro atoms. The lowest BCUT2D eigenvalue weighted by Gasteiger charge is -2.19. The van der Waals surface area contributed by atoms with Gasteiger partial charge in [0.05, 0.1) is 6.04 Å². The molecule has 2 aromatic carbocycles. The normalized spacial score (nSPS) is 17.4. The van der Waals surface area contributed by atoms with E-state index in [0.29, 0.717) is 49.5 Å². The molecule has 1 N–H and O–H groups in total. The van der Waals surface area contributed by atoms with E-state index in [4.69, 9.17) is 4.74 Å². The summed E-state index contributed by atoms with van der Waals surface area (Å²) in [5, 5.41) is 2.95. The molecule has 8 nitrogen and oxygen atoms in total. The lowest BCUT2D eigenvalue weighted by molar-refractivity contribution is -0.128. The van der Waals surface area contributed by atoms with Gasteiger partial charge >= 0.3 is 0 Å². The van der Waals surface area contributed by atoms with Gasteiger partial charge in [-0.15, -0.1) is 0 Å². The summed E-state index contributed by atoms with van der Waals surface area (Å²) in [5.74, 6) is 1.03. The topological polar surface area (TPSA) is 91.8 Å². The van der Waals surface area contributed by atoms with Crippen molar-refractivity contribution in [2.75, 3.05) is 20.1 Å². The Morgan fingerprint density at radius 1 is 1.05 bits per heavy atom. The first kappa shape index (κ1) is 24.5. The molecule has 3 aromatic rings. The summed E-state index contributed by atoms with van der Waals surface area (Å²) >= 11 is 0. The molecule has 3 heterocycles. The average molecular weight is 499 g/mol. The van der Waals surface area contributed by atoms with Crippen molar-refractivity contribution in [3.8, 4) is 22.6 Å². The summed E-state index contributed by atoms with van der Waals surface area (Å²) in [7, 11) is 1.73. The van der Waals surface area contributed by atoms with E-state index in [9.17, 15) is 14.4 Å². The summed E-state index contributed by atoms with van der Waals surface area (Å²) in [6, 6.07) is 16.8. The summed E-state index contributed by atoms with van der Waals surface area (Å²) in [6.45, 7) is 3.58. The molecule has 0 radical (unpaired) electrons. The number of amides is 3. The van der Waals surface area contributed by atoms with Crippen LogP contribution in [-0.2, 0) is 16.1 Å². The molecule has 0 unspecified atom stereocenters. The maximum atomic E-state index is 13.0. The Morgan fingerprint density at radius 2 is 1.84 bits per heavy atom. The second kappa shape index (κ2) is 10.4. The Bertz CT molecular complexity index is 1320. The van der Waals surface area contributed by atoms with Gasteiger partial charge in [-0.25, -0.2) is 0 Å². The van der Waals surface area contributed by atoms with Gasteiger partial charge < -0.3 is 19.9 Å². The Balaban J connectivity index is 1.37. The van der Waals surface area contributed by atoms with Crippen molar-refractivity contribution in [2.24, 2.45) is 0 Å². The second-order valence-electron chi connectivity index (χ2n) is 9.70. The van der Waals surface area contributed by atoms with E-state index in [1.54, 1.807) is 24.1 Å². The Morgan fingerprint density at radius 3 is 2.49 bits per heavy atom. The van der Waals surface area contributed by atoms with Gasteiger partial charge in [-0.2, -0.15) is 0 Å². The van der Waals surface area contributed by atoms with Crippen LogP contribution in [0, 0.1) is 6.92 Å². The fourth-order valence-electron chi connectivity index (χ4n) is 4.71. The number of likely N-dealkylation sites (tertiary alicyclic amines) is 2. The number of ether oxygens (including phenoxy) is 1. The molecule has 2 saturated heterocycles. The molecule has 0 aliphatic carbocycles.